The van der Waals surface area contributed by atoms with Gasteiger partial charge in [-0.05, 0) is 44.9 Å². The molecule has 0 radical (unpaired) electrons. The molecule has 1 heterocycles. The van der Waals surface area contributed by atoms with E-state index in [1.807, 2.05) is 6.08 Å². The maximum absolute atomic E-state index is 13.2. The monoisotopic (exact) mass is 1160 g/mol. The highest BCUT2D eigenvalue weighted by molar-refractivity contribution is 7.80. The highest BCUT2D eigenvalue weighted by atomic mass is 32.3. The normalized spacial score (nSPS) is 18.7. The smallest absolute Gasteiger partial charge is 0.394 e. The van der Waals surface area contributed by atoms with Crippen LogP contribution in [0.1, 0.15) is 341 Å². The molecule has 0 aromatic rings. The van der Waals surface area contributed by atoms with Crippen LogP contribution in [0.3, 0.4) is 0 Å². The summed E-state index contributed by atoms with van der Waals surface area (Å²) < 4.78 is 48.0. The SMILES string of the molecule is CCCCCCCCCCCCCC/C=C\CCCCCCCCCCCCCCCCCCC(=O)NC(COC1OC(CO)C(O)C(OS(=O)(=O)O)C1O)C(O)/C=C/CCCCCCCCCCCCCCCCCCCCC. The second-order valence-electron chi connectivity index (χ2n) is 24.1. The predicted octanol–water partition coefficient (Wildman–Crippen LogP) is 17.5. The Bertz CT molecular complexity index is 1500. The van der Waals surface area contributed by atoms with Gasteiger partial charge < -0.3 is 35.2 Å². The fraction of sp³-hybridized carbons (Fsp3) is 0.925. The molecule has 1 amide bonds. The quantitative estimate of drug-likeness (QED) is 0.0193. The van der Waals surface area contributed by atoms with Crippen LogP contribution in [0, 0.1) is 0 Å². The number of ether oxygens (including phenoxy) is 2. The van der Waals surface area contributed by atoms with Gasteiger partial charge in [0.1, 0.15) is 24.4 Å². The van der Waals surface area contributed by atoms with Crippen LogP contribution in [0.5, 0.6) is 0 Å². The number of amides is 1. The van der Waals surface area contributed by atoms with Crippen LogP contribution >= 0.6 is 0 Å². The van der Waals surface area contributed by atoms with E-state index in [-0.39, 0.29) is 18.9 Å². The van der Waals surface area contributed by atoms with E-state index in [1.165, 1.54) is 276 Å². The van der Waals surface area contributed by atoms with Crippen molar-refractivity contribution in [1.29, 1.82) is 0 Å². The van der Waals surface area contributed by atoms with Crippen LogP contribution in [0.2, 0.25) is 0 Å². The number of hydrogen-bond donors (Lipinski definition) is 6. The molecule has 0 aromatic carbocycles. The largest absolute Gasteiger partial charge is 0.397 e. The molecule has 12 nitrogen and oxygen atoms in total. The number of allylic oxidation sites excluding steroid dienone is 3. The summed E-state index contributed by atoms with van der Waals surface area (Å²) in [5.74, 6) is -0.255. The molecular formula is C67H129NO11S. The van der Waals surface area contributed by atoms with Gasteiger partial charge >= 0.3 is 10.4 Å². The van der Waals surface area contributed by atoms with E-state index in [0.717, 1.165) is 38.5 Å². The standard InChI is InChI=1S/C67H129NO11S/c1-3-5-7-9-11-13-15-17-19-21-23-25-26-27-28-29-30-31-32-33-34-35-37-39-41-43-45-47-49-51-53-55-57-63(71)68-60(59-77-67-65(73)66(79-80(74,75)76)64(72)62(58-69)78-67)61(70)56-54-52-50-48-46-44-42-40-38-36-24-22-20-18-16-14-12-10-8-6-4-2/h27-28,54,56,60-62,64-67,69-70,72-73H,3-26,29-53,55,57-59H2,1-2H3,(H,68,71)(H,74,75,76)/b28-27-,56-54+. The summed E-state index contributed by atoms with van der Waals surface area (Å²) >= 11 is 0. The van der Waals surface area contributed by atoms with Crippen molar-refractivity contribution in [1.82, 2.24) is 5.32 Å². The van der Waals surface area contributed by atoms with Crippen molar-refractivity contribution in [3.05, 3.63) is 24.3 Å². The van der Waals surface area contributed by atoms with E-state index >= 15 is 0 Å². The van der Waals surface area contributed by atoms with E-state index in [1.54, 1.807) is 6.08 Å². The van der Waals surface area contributed by atoms with Crippen molar-refractivity contribution >= 4 is 16.3 Å². The first-order valence-electron chi connectivity index (χ1n) is 34.2. The van der Waals surface area contributed by atoms with Gasteiger partial charge in [0.05, 0.1) is 25.4 Å². The van der Waals surface area contributed by atoms with Crippen molar-refractivity contribution in [2.75, 3.05) is 13.2 Å². The highest BCUT2D eigenvalue weighted by Gasteiger charge is 2.48. The topological polar surface area (TPSA) is 192 Å². The molecule has 0 aliphatic carbocycles. The summed E-state index contributed by atoms with van der Waals surface area (Å²) in [7, 11) is -5.09. The van der Waals surface area contributed by atoms with E-state index in [4.69, 9.17) is 9.47 Å². The lowest BCUT2D eigenvalue weighted by molar-refractivity contribution is -0.298. The third kappa shape index (κ3) is 47.9. The molecule has 7 atom stereocenters. The van der Waals surface area contributed by atoms with Crippen LogP contribution in [-0.4, -0.2) is 95.4 Å². The third-order valence-corrected chi connectivity index (χ3v) is 16.9. The Balaban J connectivity index is 2.24. The number of carbonyl (C=O) groups is 1. The van der Waals surface area contributed by atoms with E-state index in [2.05, 4.69) is 35.5 Å². The molecule has 1 aliphatic heterocycles. The minimum Gasteiger partial charge on any atom is -0.394 e. The summed E-state index contributed by atoms with van der Waals surface area (Å²) in [5.41, 5.74) is 0. The second kappa shape index (κ2) is 56.7. The van der Waals surface area contributed by atoms with Crippen molar-refractivity contribution in [3.63, 3.8) is 0 Å². The van der Waals surface area contributed by atoms with Crippen LogP contribution in [-0.2, 0) is 28.9 Å². The average molecular weight is 1160 g/mol. The Morgan fingerprint density at radius 3 is 1.12 bits per heavy atom. The van der Waals surface area contributed by atoms with Gasteiger partial charge in [-0.1, -0.05) is 314 Å². The second-order valence-corrected chi connectivity index (χ2v) is 25.2. The van der Waals surface area contributed by atoms with Crippen molar-refractivity contribution in [2.24, 2.45) is 0 Å². The molecule has 1 aliphatic rings. The van der Waals surface area contributed by atoms with Gasteiger partial charge in [0.15, 0.2) is 6.29 Å². The van der Waals surface area contributed by atoms with Crippen molar-refractivity contribution in [2.45, 2.75) is 384 Å². The van der Waals surface area contributed by atoms with Crippen LogP contribution in [0.15, 0.2) is 24.3 Å². The molecule has 6 N–H and O–H groups in total. The van der Waals surface area contributed by atoms with Crippen molar-refractivity contribution < 1.29 is 51.8 Å². The van der Waals surface area contributed by atoms with Gasteiger partial charge in [0.25, 0.3) is 0 Å². The zero-order valence-electron chi connectivity index (χ0n) is 51.9. The molecule has 1 fully saturated rings. The number of unbranched alkanes of at least 4 members (excludes halogenated alkanes) is 47. The highest BCUT2D eigenvalue weighted by Crippen LogP contribution is 2.26. The number of hydrogen-bond acceptors (Lipinski definition) is 10. The molecule has 474 valence electrons. The molecule has 1 saturated heterocycles. The summed E-state index contributed by atoms with van der Waals surface area (Å²) in [6.45, 7) is 3.46. The fourth-order valence-corrected chi connectivity index (χ4v) is 11.7. The molecule has 80 heavy (non-hydrogen) atoms. The molecule has 0 spiro atoms. The maximum atomic E-state index is 13.2. The Kier molecular flexibility index (Phi) is 54.3. The minimum atomic E-state index is -5.09. The first-order valence-corrected chi connectivity index (χ1v) is 35.6. The van der Waals surface area contributed by atoms with Gasteiger partial charge in [0, 0.05) is 6.42 Å². The Morgan fingerprint density at radius 1 is 0.487 bits per heavy atom. The molecule has 0 bridgehead atoms. The average Bonchev–Trinajstić information content (AvgIpc) is 3.44. The van der Waals surface area contributed by atoms with Crippen molar-refractivity contribution in [3.8, 4) is 0 Å². The minimum absolute atomic E-state index is 0.255. The molecule has 7 unspecified atom stereocenters. The van der Waals surface area contributed by atoms with Crippen LogP contribution in [0.4, 0.5) is 0 Å². The first-order chi connectivity index (χ1) is 39.0. The number of carbonyl (C=O) groups excluding carboxylic acids is 1. The first kappa shape index (κ1) is 76.6. The third-order valence-electron chi connectivity index (χ3n) is 16.5. The van der Waals surface area contributed by atoms with Crippen LogP contribution in [0.25, 0.3) is 0 Å². The summed E-state index contributed by atoms with van der Waals surface area (Å²) in [4.78, 5) is 13.2. The fourth-order valence-electron chi connectivity index (χ4n) is 11.2. The zero-order valence-corrected chi connectivity index (χ0v) is 52.7. The zero-order chi connectivity index (χ0) is 58.3. The Hall–Kier alpha value is -1.42. The maximum Gasteiger partial charge on any atom is 0.397 e. The van der Waals surface area contributed by atoms with Gasteiger partial charge in [-0.3, -0.25) is 9.35 Å². The van der Waals surface area contributed by atoms with Gasteiger partial charge in [0.2, 0.25) is 5.91 Å². The number of aliphatic hydroxyl groups is 4. The lowest BCUT2D eigenvalue weighted by Gasteiger charge is -2.41. The molecule has 0 aromatic heterocycles. The number of aliphatic hydroxyl groups excluding tert-OH is 4. The Labute approximate surface area is 493 Å². The molecule has 0 saturated carbocycles. The molecule has 1 rings (SSSR count). The van der Waals surface area contributed by atoms with E-state index < -0.39 is 59.9 Å². The van der Waals surface area contributed by atoms with Gasteiger partial charge in [-0.2, -0.15) is 8.42 Å². The summed E-state index contributed by atoms with van der Waals surface area (Å²) in [6.07, 6.45) is 63.9. The lowest BCUT2D eigenvalue weighted by atomic mass is 9.99. The summed E-state index contributed by atoms with van der Waals surface area (Å²) in [5, 5.41) is 45.1. The van der Waals surface area contributed by atoms with Crippen LogP contribution < -0.4 is 5.32 Å². The molecule has 13 heteroatoms. The lowest BCUT2D eigenvalue weighted by Crippen LogP contribution is -2.61. The van der Waals surface area contributed by atoms with Gasteiger partial charge in [-0.15, -0.1) is 0 Å². The predicted molar refractivity (Wildman–Crippen MR) is 333 cm³/mol. The van der Waals surface area contributed by atoms with E-state index in [0.29, 0.717) is 6.42 Å². The molecular weight excluding hydrogens is 1030 g/mol. The van der Waals surface area contributed by atoms with E-state index in [9.17, 15) is 38.2 Å². The number of nitrogens with one attached hydrogen (secondary N) is 1. The summed E-state index contributed by atoms with van der Waals surface area (Å²) in [6, 6.07) is -0.943. The number of rotatable bonds is 61. The Morgan fingerprint density at radius 2 is 0.800 bits per heavy atom. The van der Waals surface area contributed by atoms with Gasteiger partial charge in [-0.25, -0.2) is 4.18 Å².